The van der Waals surface area contributed by atoms with Crippen molar-refractivity contribution in [1.82, 2.24) is 5.32 Å². The van der Waals surface area contributed by atoms with E-state index >= 15 is 0 Å². The zero-order valence-corrected chi connectivity index (χ0v) is 14.9. The van der Waals surface area contributed by atoms with Crippen LogP contribution in [0.1, 0.15) is 20.3 Å². The molecular formula is C16H36N2O5. The molecule has 1 unspecified atom stereocenters. The van der Waals surface area contributed by atoms with Gasteiger partial charge in [0.25, 0.3) is 0 Å². The Labute approximate surface area is 141 Å². The van der Waals surface area contributed by atoms with Crippen molar-refractivity contribution in [3.8, 4) is 0 Å². The minimum absolute atomic E-state index is 0.122. The topological polar surface area (TPSA) is 84.2 Å². The molecule has 7 nitrogen and oxygen atoms in total. The maximum atomic E-state index is 5.73. The minimum atomic E-state index is 0.122. The van der Waals surface area contributed by atoms with Crippen molar-refractivity contribution in [2.75, 3.05) is 79.2 Å². The molecule has 0 aliphatic carbocycles. The van der Waals surface area contributed by atoms with E-state index in [1.165, 1.54) is 0 Å². The van der Waals surface area contributed by atoms with Crippen LogP contribution in [0.5, 0.6) is 0 Å². The Balaban J connectivity index is 2.97. The summed E-state index contributed by atoms with van der Waals surface area (Å²) < 4.78 is 26.9. The Bertz CT molecular complexity index is 223. The fraction of sp³-hybridized carbons (Fsp3) is 1.00. The molecule has 0 spiro atoms. The lowest BCUT2D eigenvalue weighted by atomic mass is 10.3. The van der Waals surface area contributed by atoms with Gasteiger partial charge in [-0.3, -0.25) is 0 Å². The summed E-state index contributed by atoms with van der Waals surface area (Å²) in [4.78, 5) is 0. The van der Waals surface area contributed by atoms with E-state index in [4.69, 9.17) is 29.4 Å². The van der Waals surface area contributed by atoms with Crippen molar-refractivity contribution in [3.05, 3.63) is 0 Å². The van der Waals surface area contributed by atoms with Crippen LogP contribution in [-0.2, 0) is 23.7 Å². The number of nitrogens with one attached hydrogen (secondary N) is 1. The second-order valence-electron chi connectivity index (χ2n) is 5.05. The number of rotatable bonds is 19. The minimum Gasteiger partial charge on any atom is -0.378 e. The Hall–Kier alpha value is -0.280. The van der Waals surface area contributed by atoms with Gasteiger partial charge >= 0.3 is 0 Å². The summed E-state index contributed by atoms with van der Waals surface area (Å²) in [5, 5.41) is 3.19. The quantitative estimate of drug-likeness (QED) is 0.331. The first kappa shape index (κ1) is 22.7. The van der Waals surface area contributed by atoms with Gasteiger partial charge in [0.15, 0.2) is 0 Å². The van der Waals surface area contributed by atoms with Crippen molar-refractivity contribution in [2.45, 2.75) is 26.3 Å². The molecule has 0 aromatic carbocycles. The van der Waals surface area contributed by atoms with Crippen LogP contribution in [0.2, 0.25) is 0 Å². The van der Waals surface area contributed by atoms with E-state index in [-0.39, 0.29) is 6.04 Å². The standard InChI is InChI=1S/C16H36N2O5/c1-3-16(17)15-23-14-13-22-12-11-21-10-9-20-8-7-19-6-5-18-4-2/h16,18H,3-15,17H2,1-2H3. The molecule has 3 N–H and O–H groups in total. The number of ether oxygens (including phenoxy) is 5. The molecule has 140 valence electrons. The number of hydrogen-bond donors (Lipinski definition) is 2. The van der Waals surface area contributed by atoms with Crippen LogP contribution in [0.4, 0.5) is 0 Å². The molecule has 0 aromatic heterocycles. The van der Waals surface area contributed by atoms with Gasteiger partial charge in [-0.1, -0.05) is 13.8 Å². The maximum absolute atomic E-state index is 5.73. The SMILES string of the molecule is CCNCCOCCOCCOCCOCCOCC(N)CC. The van der Waals surface area contributed by atoms with Gasteiger partial charge in [0, 0.05) is 12.6 Å². The van der Waals surface area contributed by atoms with Crippen LogP contribution in [0.25, 0.3) is 0 Å². The van der Waals surface area contributed by atoms with Gasteiger partial charge in [-0.25, -0.2) is 0 Å². The summed E-state index contributed by atoms with van der Waals surface area (Å²) in [6, 6.07) is 0.122. The molecule has 0 aliphatic heterocycles. The first-order valence-corrected chi connectivity index (χ1v) is 8.66. The van der Waals surface area contributed by atoms with Crippen molar-refractivity contribution in [2.24, 2.45) is 5.73 Å². The van der Waals surface area contributed by atoms with Crippen LogP contribution >= 0.6 is 0 Å². The van der Waals surface area contributed by atoms with E-state index in [2.05, 4.69) is 12.2 Å². The van der Waals surface area contributed by atoms with Crippen molar-refractivity contribution in [1.29, 1.82) is 0 Å². The van der Waals surface area contributed by atoms with Crippen LogP contribution in [-0.4, -0.2) is 85.2 Å². The lowest BCUT2D eigenvalue weighted by Crippen LogP contribution is -2.26. The second-order valence-corrected chi connectivity index (χ2v) is 5.05. The number of likely N-dealkylation sites (N-methyl/N-ethyl adjacent to an activating group) is 1. The molecule has 0 rings (SSSR count). The van der Waals surface area contributed by atoms with Gasteiger partial charge in [-0.15, -0.1) is 0 Å². The first-order valence-electron chi connectivity index (χ1n) is 8.66. The van der Waals surface area contributed by atoms with Crippen LogP contribution in [0.15, 0.2) is 0 Å². The summed E-state index contributed by atoms with van der Waals surface area (Å²) >= 11 is 0. The maximum Gasteiger partial charge on any atom is 0.0701 e. The fourth-order valence-electron chi connectivity index (χ4n) is 1.55. The van der Waals surface area contributed by atoms with E-state index < -0.39 is 0 Å². The third-order valence-electron chi connectivity index (χ3n) is 3.02. The molecule has 0 amide bonds. The summed E-state index contributed by atoms with van der Waals surface area (Å²) in [5.74, 6) is 0. The average molecular weight is 336 g/mol. The Kier molecular flexibility index (Phi) is 19.5. The lowest BCUT2D eigenvalue weighted by Gasteiger charge is -2.10. The summed E-state index contributed by atoms with van der Waals surface area (Å²) in [6.07, 6.45) is 0.930. The molecule has 0 heterocycles. The van der Waals surface area contributed by atoms with Gasteiger partial charge < -0.3 is 34.7 Å². The average Bonchev–Trinajstić information content (AvgIpc) is 2.57. The summed E-state index contributed by atoms with van der Waals surface area (Å²) in [6.45, 7) is 11.9. The third kappa shape index (κ3) is 19.7. The Morgan fingerprint density at radius 1 is 0.696 bits per heavy atom. The summed E-state index contributed by atoms with van der Waals surface area (Å²) in [7, 11) is 0. The molecule has 0 aliphatic rings. The number of hydrogen-bond acceptors (Lipinski definition) is 7. The van der Waals surface area contributed by atoms with Crippen molar-refractivity contribution < 1.29 is 23.7 Å². The van der Waals surface area contributed by atoms with Gasteiger partial charge in [0.2, 0.25) is 0 Å². The summed E-state index contributed by atoms with van der Waals surface area (Å²) in [5.41, 5.74) is 5.73. The van der Waals surface area contributed by atoms with Crippen molar-refractivity contribution >= 4 is 0 Å². The third-order valence-corrected chi connectivity index (χ3v) is 3.02. The lowest BCUT2D eigenvalue weighted by molar-refractivity contribution is -0.0116. The highest BCUT2D eigenvalue weighted by Crippen LogP contribution is 1.88. The van der Waals surface area contributed by atoms with Crippen LogP contribution < -0.4 is 11.1 Å². The van der Waals surface area contributed by atoms with Gasteiger partial charge in [0.1, 0.15) is 0 Å². The highest BCUT2D eigenvalue weighted by atomic mass is 16.6. The number of nitrogens with two attached hydrogens (primary N) is 1. The molecular weight excluding hydrogens is 300 g/mol. The molecule has 0 fully saturated rings. The van der Waals surface area contributed by atoms with E-state index in [0.29, 0.717) is 59.5 Å². The molecule has 23 heavy (non-hydrogen) atoms. The van der Waals surface area contributed by atoms with Gasteiger partial charge in [-0.2, -0.15) is 0 Å². The van der Waals surface area contributed by atoms with Crippen molar-refractivity contribution in [3.63, 3.8) is 0 Å². The zero-order valence-electron chi connectivity index (χ0n) is 14.9. The first-order chi connectivity index (χ1) is 11.3. The van der Waals surface area contributed by atoms with Crippen LogP contribution in [0, 0.1) is 0 Å². The normalized spacial score (nSPS) is 12.7. The van der Waals surface area contributed by atoms with E-state index in [1.54, 1.807) is 0 Å². The fourth-order valence-corrected chi connectivity index (χ4v) is 1.55. The van der Waals surface area contributed by atoms with E-state index in [1.807, 2.05) is 6.92 Å². The zero-order chi connectivity index (χ0) is 17.0. The highest BCUT2D eigenvalue weighted by Gasteiger charge is 1.98. The smallest absolute Gasteiger partial charge is 0.0701 e. The predicted molar refractivity (Wildman–Crippen MR) is 90.9 cm³/mol. The Morgan fingerprint density at radius 2 is 1.13 bits per heavy atom. The monoisotopic (exact) mass is 336 g/mol. The molecule has 0 aromatic rings. The van der Waals surface area contributed by atoms with Gasteiger partial charge in [0.05, 0.1) is 66.1 Å². The molecule has 0 saturated carbocycles. The molecule has 0 radical (unpaired) electrons. The molecule has 0 saturated heterocycles. The Morgan fingerprint density at radius 3 is 1.57 bits per heavy atom. The van der Waals surface area contributed by atoms with E-state index in [9.17, 15) is 0 Å². The highest BCUT2D eigenvalue weighted by molar-refractivity contribution is 4.54. The predicted octanol–water partition coefficient (Wildman–Crippen LogP) is 0.416. The van der Waals surface area contributed by atoms with Gasteiger partial charge in [-0.05, 0) is 13.0 Å². The molecule has 7 heteroatoms. The largest absolute Gasteiger partial charge is 0.378 e. The second kappa shape index (κ2) is 19.8. The molecule has 1 atom stereocenters. The van der Waals surface area contributed by atoms with E-state index in [0.717, 1.165) is 26.1 Å². The molecule has 0 bridgehead atoms. The van der Waals surface area contributed by atoms with Crippen LogP contribution in [0.3, 0.4) is 0 Å².